The van der Waals surface area contributed by atoms with E-state index in [0.29, 0.717) is 25.6 Å². The Hall–Kier alpha value is -1.81. The van der Waals surface area contributed by atoms with Gasteiger partial charge in [-0.05, 0) is 49.3 Å². The molecule has 42 heavy (non-hydrogen) atoms. The van der Waals surface area contributed by atoms with E-state index in [1.54, 1.807) is 7.11 Å². The minimum absolute atomic E-state index is 0.0572. The highest BCUT2D eigenvalue weighted by molar-refractivity contribution is 5.69. The molecule has 1 unspecified atom stereocenters. The van der Waals surface area contributed by atoms with Gasteiger partial charge >= 0.3 is 5.97 Å². The molecular weight excluding hydrogens is 520 g/mol. The molecular formula is C38H66O4. The maximum Gasteiger partial charge on any atom is 0.306 e. The lowest BCUT2D eigenvalue weighted by Crippen LogP contribution is -2.08. The third kappa shape index (κ3) is 23.7. The number of carbonyl (C=O) groups excluding carboxylic acids is 1. The van der Waals surface area contributed by atoms with Crippen molar-refractivity contribution in [1.29, 1.82) is 0 Å². The second-order valence-electron chi connectivity index (χ2n) is 12.1. The van der Waals surface area contributed by atoms with Gasteiger partial charge in [-0.3, -0.25) is 4.79 Å². The molecule has 0 aliphatic rings. The van der Waals surface area contributed by atoms with Crippen LogP contribution in [0, 0.1) is 5.92 Å². The first-order valence-corrected chi connectivity index (χ1v) is 17.7. The summed E-state index contributed by atoms with van der Waals surface area (Å²) in [6.45, 7) is 6.40. The molecule has 1 atom stereocenters. The summed E-state index contributed by atoms with van der Waals surface area (Å²) in [4.78, 5) is 12.2. The van der Waals surface area contributed by atoms with Gasteiger partial charge in [-0.1, -0.05) is 147 Å². The molecule has 242 valence electrons. The topological polar surface area (TPSA) is 44.8 Å². The van der Waals surface area contributed by atoms with E-state index in [9.17, 15) is 4.79 Å². The molecule has 0 bridgehead atoms. The molecule has 0 radical (unpaired) electrons. The summed E-state index contributed by atoms with van der Waals surface area (Å²) in [6.07, 6.45) is 31.6. The molecule has 0 amide bonds. The summed E-state index contributed by atoms with van der Waals surface area (Å²) < 4.78 is 16.7. The van der Waals surface area contributed by atoms with Gasteiger partial charge < -0.3 is 14.2 Å². The first-order chi connectivity index (χ1) is 20.7. The number of ether oxygens (including phenoxy) is 3. The van der Waals surface area contributed by atoms with Crippen LogP contribution in [0.4, 0.5) is 0 Å². The van der Waals surface area contributed by atoms with Gasteiger partial charge in [0.1, 0.15) is 12.4 Å². The van der Waals surface area contributed by atoms with Crippen LogP contribution in [-0.2, 0) is 20.9 Å². The van der Waals surface area contributed by atoms with Crippen LogP contribution in [0.1, 0.15) is 161 Å². The summed E-state index contributed by atoms with van der Waals surface area (Å²) >= 11 is 0. The zero-order valence-corrected chi connectivity index (χ0v) is 27.9. The summed E-state index contributed by atoms with van der Waals surface area (Å²) in [6, 6.07) is 8.12. The Morgan fingerprint density at radius 2 is 1.26 bits per heavy atom. The van der Waals surface area contributed by atoms with Crippen LogP contribution in [0.5, 0.6) is 5.75 Å². The lowest BCUT2D eigenvalue weighted by Gasteiger charge is -2.17. The highest BCUT2D eigenvalue weighted by atomic mass is 16.5. The van der Waals surface area contributed by atoms with Crippen molar-refractivity contribution in [3.8, 4) is 5.75 Å². The van der Waals surface area contributed by atoms with Gasteiger partial charge in [-0.15, -0.1) is 0 Å². The number of benzene rings is 1. The number of hydrogen-bond acceptors (Lipinski definition) is 4. The number of esters is 1. The molecule has 0 spiro atoms. The summed E-state index contributed by atoms with van der Waals surface area (Å²) in [5.41, 5.74) is 1.18. The van der Waals surface area contributed by atoms with E-state index in [2.05, 4.69) is 32.1 Å². The largest absolute Gasteiger partial charge is 0.497 e. The first-order valence-electron chi connectivity index (χ1n) is 17.7. The Morgan fingerprint density at radius 3 is 1.88 bits per heavy atom. The summed E-state index contributed by atoms with van der Waals surface area (Å²) in [7, 11) is 1.69. The molecule has 0 aromatic heterocycles. The Labute approximate surface area is 260 Å². The van der Waals surface area contributed by atoms with E-state index in [1.807, 2.05) is 18.2 Å². The minimum atomic E-state index is -0.0572. The van der Waals surface area contributed by atoms with E-state index < -0.39 is 0 Å². The Bertz CT molecular complexity index is 742. The van der Waals surface area contributed by atoms with E-state index in [4.69, 9.17) is 14.2 Å². The normalized spacial score (nSPS) is 12.2. The van der Waals surface area contributed by atoms with Gasteiger partial charge in [0.25, 0.3) is 0 Å². The average Bonchev–Trinajstić information content (AvgIpc) is 3.01. The van der Waals surface area contributed by atoms with Crippen molar-refractivity contribution in [3.05, 3.63) is 42.0 Å². The SMILES string of the molecule is CCCCCCCCCCC=CCOC(=O)CCCCC(CCCCCCCCC)CCOCc1ccc(OC)cc1. The molecule has 1 rings (SSSR count). The van der Waals surface area contributed by atoms with Gasteiger partial charge in [-0.2, -0.15) is 0 Å². The van der Waals surface area contributed by atoms with Gasteiger partial charge in [0.15, 0.2) is 0 Å². The Balaban J connectivity index is 2.18. The highest BCUT2D eigenvalue weighted by Crippen LogP contribution is 2.22. The molecule has 0 heterocycles. The summed E-state index contributed by atoms with van der Waals surface area (Å²) in [5.74, 6) is 1.49. The maximum atomic E-state index is 12.2. The predicted octanol–water partition coefficient (Wildman–Crippen LogP) is 11.5. The minimum Gasteiger partial charge on any atom is -0.497 e. The molecule has 1 aromatic carbocycles. The summed E-state index contributed by atoms with van der Waals surface area (Å²) in [5, 5.41) is 0. The Morgan fingerprint density at radius 1 is 0.690 bits per heavy atom. The number of methoxy groups -OCH3 is 1. The van der Waals surface area contributed by atoms with Crippen LogP contribution in [0.2, 0.25) is 0 Å². The molecule has 0 N–H and O–H groups in total. The van der Waals surface area contributed by atoms with Crippen molar-refractivity contribution in [3.63, 3.8) is 0 Å². The maximum absolute atomic E-state index is 12.2. The zero-order chi connectivity index (χ0) is 30.4. The van der Waals surface area contributed by atoms with Gasteiger partial charge in [0.2, 0.25) is 0 Å². The highest BCUT2D eigenvalue weighted by Gasteiger charge is 2.10. The van der Waals surface area contributed by atoms with Gasteiger partial charge in [0.05, 0.1) is 13.7 Å². The number of unbranched alkanes of at least 4 members (excludes halogenated alkanes) is 15. The smallest absolute Gasteiger partial charge is 0.306 e. The van der Waals surface area contributed by atoms with E-state index in [0.717, 1.165) is 38.0 Å². The number of hydrogen-bond donors (Lipinski definition) is 0. The van der Waals surface area contributed by atoms with Crippen molar-refractivity contribution in [2.75, 3.05) is 20.3 Å². The fourth-order valence-corrected chi connectivity index (χ4v) is 5.48. The van der Waals surface area contributed by atoms with Gasteiger partial charge in [0, 0.05) is 13.0 Å². The van der Waals surface area contributed by atoms with Crippen LogP contribution in [0.15, 0.2) is 36.4 Å². The number of rotatable bonds is 30. The van der Waals surface area contributed by atoms with Crippen LogP contribution in [0.3, 0.4) is 0 Å². The fraction of sp³-hybridized carbons (Fsp3) is 0.763. The second kappa shape index (κ2) is 29.3. The predicted molar refractivity (Wildman–Crippen MR) is 179 cm³/mol. The van der Waals surface area contributed by atoms with E-state index in [1.165, 1.54) is 115 Å². The van der Waals surface area contributed by atoms with E-state index in [-0.39, 0.29) is 5.97 Å². The first kappa shape index (κ1) is 38.2. The van der Waals surface area contributed by atoms with Crippen LogP contribution >= 0.6 is 0 Å². The molecule has 4 heteroatoms. The van der Waals surface area contributed by atoms with Gasteiger partial charge in [-0.25, -0.2) is 0 Å². The van der Waals surface area contributed by atoms with Crippen LogP contribution in [0.25, 0.3) is 0 Å². The van der Waals surface area contributed by atoms with Crippen LogP contribution in [-0.4, -0.2) is 26.3 Å². The van der Waals surface area contributed by atoms with Crippen molar-refractivity contribution in [2.24, 2.45) is 5.92 Å². The standard InChI is InChI=1S/C38H66O4/c1-4-6-8-10-12-13-14-15-17-19-23-32-42-38(39)26-22-21-25-35(24-20-18-16-11-9-7-5-2)31-33-41-34-36-27-29-37(40-3)30-28-36/h19,23,27-30,35H,4-18,20-22,24-26,31-34H2,1-3H3. The number of allylic oxidation sites excluding steroid dienone is 1. The molecule has 0 saturated carbocycles. The second-order valence-corrected chi connectivity index (χ2v) is 12.1. The quantitative estimate of drug-likeness (QED) is 0.0511. The Kier molecular flexibility index (Phi) is 26.6. The lowest BCUT2D eigenvalue weighted by molar-refractivity contribution is -0.142. The number of carbonyl (C=O) groups is 1. The zero-order valence-electron chi connectivity index (χ0n) is 27.9. The monoisotopic (exact) mass is 586 g/mol. The third-order valence-electron chi connectivity index (χ3n) is 8.29. The molecule has 4 nitrogen and oxygen atoms in total. The molecule has 0 fully saturated rings. The molecule has 1 aromatic rings. The fourth-order valence-electron chi connectivity index (χ4n) is 5.48. The molecule has 0 aliphatic heterocycles. The van der Waals surface area contributed by atoms with Crippen molar-refractivity contribution < 1.29 is 19.0 Å². The third-order valence-corrected chi connectivity index (χ3v) is 8.29. The van der Waals surface area contributed by atoms with E-state index >= 15 is 0 Å². The van der Waals surface area contributed by atoms with Crippen molar-refractivity contribution in [2.45, 2.75) is 162 Å². The van der Waals surface area contributed by atoms with Crippen LogP contribution < -0.4 is 4.74 Å². The average molecular weight is 587 g/mol. The lowest BCUT2D eigenvalue weighted by atomic mass is 9.92. The molecule has 0 aliphatic carbocycles. The molecule has 0 saturated heterocycles. The van der Waals surface area contributed by atoms with Crippen molar-refractivity contribution >= 4 is 5.97 Å². The van der Waals surface area contributed by atoms with Crippen molar-refractivity contribution in [1.82, 2.24) is 0 Å².